The van der Waals surface area contributed by atoms with Crippen LogP contribution in [0.3, 0.4) is 0 Å². The molecule has 1 atom stereocenters. The SMILES string of the molecule is COc1ccccc1OCC(O)CNCCOc1ccc(O)cc1. The van der Waals surface area contributed by atoms with Gasteiger partial charge in [0.05, 0.1) is 7.11 Å². The number of aromatic hydroxyl groups is 1. The van der Waals surface area contributed by atoms with Crippen LogP contribution in [0.4, 0.5) is 0 Å². The number of nitrogens with one attached hydrogen (secondary N) is 1. The molecule has 0 aliphatic rings. The van der Waals surface area contributed by atoms with Gasteiger partial charge in [0.25, 0.3) is 0 Å². The summed E-state index contributed by atoms with van der Waals surface area (Å²) in [5.41, 5.74) is 0. The lowest BCUT2D eigenvalue weighted by molar-refractivity contribution is 0.104. The molecular weight excluding hydrogens is 310 g/mol. The standard InChI is InChI=1S/C18H23NO5/c1-22-17-4-2-3-5-18(17)24-13-15(21)12-19-10-11-23-16-8-6-14(20)7-9-16/h2-9,15,19-21H,10-13H2,1H3. The first-order valence-electron chi connectivity index (χ1n) is 7.75. The summed E-state index contributed by atoms with van der Waals surface area (Å²) < 4.78 is 16.2. The van der Waals surface area contributed by atoms with Crippen molar-refractivity contribution in [2.45, 2.75) is 6.10 Å². The molecule has 1 unspecified atom stereocenters. The Morgan fingerprint density at radius 2 is 1.71 bits per heavy atom. The monoisotopic (exact) mass is 333 g/mol. The van der Waals surface area contributed by atoms with Crippen molar-refractivity contribution >= 4 is 0 Å². The van der Waals surface area contributed by atoms with Crippen molar-refractivity contribution in [2.75, 3.05) is 33.4 Å². The smallest absolute Gasteiger partial charge is 0.161 e. The van der Waals surface area contributed by atoms with Crippen molar-refractivity contribution in [2.24, 2.45) is 0 Å². The van der Waals surface area contributed by atoms with E-state index in [1.165, 1.54) is 0 Å². The van der Waals surface area contributed by atoms with E-state index in [1.54, 1.807) is 43.5 Å². The van der Waals surface area contributed by atoms with Gasteiger partial charge in [-0.3, -0.25) is 0 Å². The van der Waals surface area contributed by atoms with Gasteiger partial charge in [0.2, 0.25) is 0 Å². The molecule has 0 amide bonds. The summed E-state index contributed by atoms with van der Waals surface area (Å²) in [5, 5.41) is 22.2. The summed E-state index contributed by atoms with van der Waals surface area (Å²) in [4.78, 5) is 0. The number of aliphatic hydroxyl groups is 1. The summed E-state index contributed by atoms with van der Waals surface area (Å²) >= 11 is 0. The van der Waals surface area contributed by atoms with Crippen LogP contribution >= 0.6 is 0 Å². The first-order chi connectivity index (χ1) is 11.7. The van der Waals surface area contributed by atoms with Gasteiger partial charge >= 0.3 is 0 Å². The molecule has 0 saturated heterocycles. The largest absolute Gasteiger partial charge is 0.508 e. The van der Waals surface area contributed by atoms with E-state index in [9.17, 15) is 10.2 Å². The highest BCUT2D eigenvalue weighted by atomic mass is 16.5. The van der Waals surface area contributed by atoms with E-state index in [1.807, 2.05) is 12.1 Å². The van der Waals surface area contributed by atoms with E-state index in [0.717, 1.165) is 0 Å². The second-order valence-electron chi connectivity index (χ2n) is 5.16. The van der Waals surface area contributed by atoms with Crippen molar-refractivity contribution in [3.8, 4) is 23.0 Å². The maximum Gasteiger partial charge on any atom is 0.161 e. The Bertz CT molecular complexity index is 603. The molecule has 0 spiro atoms. The van der Waals surface area contributed by atoms with Crippen molar-refractivity contribution in [1.82, 2.24) is 5.32 Å². The van der Waals surface area contributed by atoms with Crippen molar-refractivity contribution < 1.29 is 24.4 Å². The third kappa shape index (κ3) is 5.98. The van der Waals surface area contributed by atoms with Gasteiger partial charge in [0, 0.05) is 13.1 Å². The van der Waals surface area contributed by atoms with Gasteiger partial charge in [0.15, 0.2) is 11.5 Å². The molecule has 0 heterocycles. The van der Waals surface area contributed by atoms with E-state index in [-0.39, 0.29) is 12.4 Å². The predicted molar refractivity (Wildman–Crippen MR) is 91.0 cm³/mol. The highest BCUT2D eigenvalue weighted by molar-refractivity contribution is 5.39. The number of phenolic OH excluding ortho intramolecular Hbond substituents is 1. The quantitative estimate of drug-likeness (QED) is 0.576. The average molecular weight is 333 g/mol. The zero-order valence-corrected chi connectivity index (χ0v) is 13.6. The Hall–Kier alpha value is -2.44. The number of ether oxygens (including phenoxy) is 3. The number of aliphatic hydroxyl groups excluding tert-OH is 1. The number of para-hydroxylation sites is 2. The average Bonchev–Trinajstić information content (AvgIpc) is 2.61. The van der Waals surface area contributed by atoms with Crippen LogP contribution in [0.15, 0.2) is 48.5 Å². The number of phenols is 1. The predicted octanol–water partition coefficient (Wildman–Crippen LogP) is 1.81. The molecule has 2 aromatic rings. The molecule has 3 N–H and O–H groups in total. The van der Waals surface area contributed by atoms with Crippen molar-refractivity contribution in [3.63, 3.8) is 0 Å². The maximum atomic E-state index is 9.92. The van der Waals surface area contributed by atoms with Gasteiger partial charge in [-0.25, -0.2) is 0 Å². The molecule has 24 heavy (non-hydrogen) atoms. The number of methoxy groups -OCH3 is 1. The van der Waals surface area contributed by atoms with Gasteiger partial charge in [-0.1, -0.05) is 12.1 Å². The molecule has 0 bridgehead atoms. The lowest BCUT2D eigenvalue weighted by Crippen LogP contribution is -2.33. The van der Waals surface area contributed by atoms with E-state index in [0.29, 0.717) is 36.9 Å². The number of hydrogen-bond donors (Lipinski definition) is 3. The fraction of sp³-hybridized carbons (Fsp3) is 0.333. The van der Waals surface area contributed by atoms with Gasteiger partial charge in [-0.15, -0.1) is 0 Å². The highest BCUT2D eigenvalue weighted by Gasteiger charge is 2.07. The highest BCUT2D eigenvalue weighted by Crippen LogP contribution is 2.25. The fourth-order valence-corrected chi connectivity index (χ4v) is 2.04. The van der Waals surface area contributed by atoms with Crippen molar-refractivity contribution in [3.05, 3.63) is 48.5 Å². The molecule has 6 heteroatoms. The van der Waals surface area contributed by atoms with Crippen LogP contribution in [0.2, 0.25) is 0 Å². The van der Waals surface area contributed by atoms with Gasteiger partial charge < -0.3 is 29.7 Å². The molecule has 2 aromatic carbocycles. The Balaban J connectivity index is 1.59. The van der Waals surface area contributed by atoms with Crippen molar-refractivity contribution in [1.29, 1.82) is 0 Å². The van der Waals surface area contributed by atoms with Crippen LogP contribution in [0.5, 0.6) is 23.0 Å². The van der Waals surface area contributed by atoms with Crippen LogP contribution in [0.25, 0.3) is 0 Å². The molecule has 6 nitrogen and oxygen atoms in total. The number of benzene rings is 2. The summed E-state index contributed by atoms with van der Waals surface area (Å²) in [5.74, 6) is 2.14. The van der Waals surface area contributed by atoms with Crippen LogP contribution in [0.1, 0.15) is 0 Å². The van der Waals surface area contributed by atoms with Crippen LogP contribution in [-0.4, -0.2) is 49.7 Å². The minimum absolute atomic E-state index is 0.173. The van der Waals surface area contributed by atoms with E-state index in [4.69, 9.17) is 14.2 Å². The minimum Gasteiger partial charge on any atom is -0.508 e. The Labute approximate surface area is 141 Å². The Morgan fingerprint density at radius 3 is 2.42 bits per heavy atom. The Kier molecular flexibility index (Phi) is 7.20. The van der Waals surface area contributed by atoms with E-state index in [2.05, 4.69) is 5.32 Å². The second-order valence-corrected chi connectivity index (χ2v) is 5.16. The van der Waals surface area contributed by atoms with E-state index >= 15 is 0 Å². The van der Waals surface area contributed by atoms with Crippen LogP contribution in [0, 0.1) is 0 Å². The Morgan fingerprint density at radius 1 is 1.00 bits per heavy atom. The third-order valence-corrected chi connectivity index (χ3v) is 3.26. The molecule has 2 rings (SSSR count). The number of hydrogen-bond acceptors (Lipinski definition) is 6. The molecule has 130 valence electrons. The zero-order valence-electron chi connectivity index (χ0n) is 13.6. The van der Waals surface area contributed by atoms with E-state index < -0.39 is 6.10 Å². The minimum atomic E-state index is -0.636. The lowest BCUT2D eigenvalue weighted by atomic mass is 10.3. The summed E-state index contributed by atoms with van der Waals surface area (Å²) in [6.45, 7) is 1.62. The first-order valence-corrected chi connectivity index (χ1v) is 7.75. The molecule has 0 aliphatic carbocycles. The first kappa shape index (κ1) is 17.9. The number of rotatable bonds is 10. The topological polar surface area (TPSA) is 80.2 Å². The summed E-state index contributed by atoms with van der Waals surface area (Å²) in [7, 11) is 1.58. The second kappa shape index (κ2) is 9.64. The normalized spacial score (nSPS) is 11.8. The zero-order chi connectivity index (χ0) is 17.2. The fourth-order valence-electron chi connectivity index (χ4n) is 2.04. The maximum absolute atomic E-state index is 9.92. The lowest BCUT2D eigenvalue weighted by Gasteiger charge is -2.15. The molecule has 0 aromatic heterocycles. The third-order valence-electron chi connectivity index (χ3n) is 3.26. The van der Waals surface area contributed by atoms with Crippen LogP contribution < -0.4 is 19.5 Å². The molecule has 0 aliphatic heterocycles. The summed E-state index contributed by atoms with van der Waals surface area (Å²) in [6, 6.07) is 13.9. The summed E-state index contributed by atoms with van der Waals surface area (Å²) in [6.07, 6.45) is -0.636. The van der Waals surface area contributed by atoms with Gasteiger partial charge in [-0.05, 0) is 36.4 Å². The molecule has 0 radical (unpaired) electrons. The van der Waals surface area contributed by atoms with Gasteiger partial charge in [-0.2, -0.15) is 0 Å². The molecule has 0 saturated carbocycles. The van der Waals surface area contributed by atoms with Crippen LogP contribution in [-0.2, 0) is 0 Å². The molecular formula is C18H23NO5. The molecule has 0 fully saturated rings. The van der Waals surface area contributed by atoms with Gasteiger partial charge in [0.1, 0.15) is 30.8 Å².